The second kappa shape index (κ2) is 9.21. The Morgan fingerprint density at radius 3 is 2.30 bits per heavy atom. The van der Waals surface area contributed by atoms with Gasteiger partial charge >= 0.3 is 0 Å². The van der Waals surface area contributed by atoms with E-state index < -0.39 is 6.04 Å². The molecule has 1 atom stereocenters. The third kappa shape index (κ3) is 5.58. The van der Waals surface area contributed by atoms with Gasteiger partial charge in [0.1, 0.15) is 11.8 Å². The zero-order valence-corrected chi connectivity index (χ0v) is 16.6. The van der Waals surface area contributed by atoms with Crippen LogP contribution in [0.1, 0.15) is 42.3 Å². The normalized spacial score (nSPS) is 11.8. The first-order chi connectivity index (χ1) is 12.8. The molecule has 2 rings (SSSR count). The van der Waals surface area contributed by atoms with Crippen LogP contribution in [0.3, 0.4) is 0 Å². The van der Waals surface area contributed by atoms with Crippen molar-refractivity contribution in [1.29, 1.82) is 0 Å². The van der Waals surface area contributed by atoms with E-state index in [9.17, 15) is 9.59 Å². The fourth-order valence-electron chi connectivity index (χ4n) is 2.71. The minimum atomic E-state index is -0.635. The lowest BCUT2D eigenvalue weighted by Gasteiger charge is -2.22. The fourth-order valence-corrected chi connectivity index (χ4v) is 2.71. The Hall–Kier alpha value is -2.82. The molecule has 2 amide bonds. The van der Waals surface area contributed by atoms with Crippen molar-refractivity contribution in [3.8, 4) is 5.75 Å². The van der Waals surface area contributed by atoms with Gasteiger partial charge in [0, 0.05) is 11.3 Å². The van der Waals surface area contributed by atoms with E-state index in [0.29, 0.717) is 17.9 Å². The summed E-state index contributed by atoms with van der Waals surface area (Å²) in [5, 5.41) is 5.79. The summed E-state index contributed by atoms with van der Waals surface area (Å²) in [6, 6.07) is 12.1. The molecule has 144 valence electrons. The van der Waals surface area contributed by atoms with Crippen LogP contribution in [-0.2, 0) is 4.79 Å². The molecule has 0 radical (unpaired) electrons. The molecule has 0 aromatic heterocycles. The topological polar surface area (TPSA) is 67.4 Å². The van der Waals surface area contributed by atoms with Crippen LogP contribution in [-0.4, -0.2) is 24.5 Å². The van der Waals surface area contributed by atoms with E-state index in [0.717, 1.165) is 16.8 Å². The fraction of sp³-hybridized carbons (Fsp3) is 0.364. The van der Waals surface area contributed by atoms with Crippen molar-refractivity contribution in [3.05, 3.63) is 59.2 Å². The van der Waals surface area contributed by atoms with Crippen molar-refractivity contribution in [3.63, 3.8) is 0 Å². The summed E-state index contributed by atoms with van der Waals surface area (Å²) in [7, 11) is 0. The van der Waals surface area contributed by atoms with Gasteiger partial charge in [0.2, 0.25) is 5.91 Å². The van der Waals surface area contributed by atoms with Crippen molar-refractivity contribution >= 4 is 17.5 Å². The van der Waals surface area contributed by atoms with Crippen LogP contribution >= 0.6 is 0 Å². The lowest BCUT2D eigenvalue weighted by molar-refractivity contribution is -0.118. The van der Waals surface area contributed by atoms with Gasteiger partial charge in [0.05, 0.1) is 6.61 Å². The van der Waals surface area contributed by atoms with Gasteiger partial charge in [0.25, 0.3) is 5.91 Å². The Morgan fingerprint density at radius 2 is 1.70 bits per heavy atom. The van der Waals surface area contributed by atoms with Gasteiger partial charge in [-0.2, -0.15) is 0 Å². The van der Waals surface area contributed by atoms with Crippen LogP contribution < -0.4 is 15.4 Å². The third-order valence-corrected chi connectivity index (χ3v) is 4.31. The van der Waals surface area contributed by atoms with Gasteiger partial charge in [0.15, 0.2) is 0 Å². The summed E-state index contributed by atoms with van der Waals surface area (Å²) < 4.78 is 5.39. The zero-order chi connectivity index (χ0) is 20.0. The molecular formula is C22H28N2O3. The lowest BCUT2D eigenvalue weighted by atomic mass is 10.0. The first-order valence-corrected chi connectivity index (χ1v) is 9.23. The standard InChI is InChI=1S/C22H28N2O3/c1-6-27-18-11-9-17(10-12-18)21(25)24-20(14(2)3)22(26)23-19-13-15(4)7-8-16(19)5/h7-14,20H,6H2,1-5H3,(H,23,26)(H,24,25)/t20-/m1/s1. The second-order valence-corrected chi connectivity index (χ2v) is 6.96. The predicted molar refractivity (Wildman–Crippen MR) is 108 cm³/mol. The smallest absolute Gasteiger partial charge is 0.251 e. The largest absolute Gasteiger partial charge is 0.494 e. The van der Waals surface area contributed by atoms with Crippen molar-refractivity contribution in [2.75, 3.05) is 11.9 Å². The summed E-state index contributed by atoms with van der Waals surface area (Å²) in [5.74, 6) is 0.148. The average molecular weight is 368 g/mol. The molecule has 0 aliphatic rings. The Morgan fingerprint density at radius 1 is 1.04 bits per heavy atom. The number of aryl methyl sites for hydroxylation is 2. The Kier molecular flexibility index (Phi) is 6.99. The van der Waals surface area contributed by atoms with Crippen LogP contribution in [0.15, 0.2) is 42.5 Å². The number of benzene rings is 2. The number of nitrogens with one attached hydrogen (secondary N) is 2. The van der Waals surface area contributed by atoms with Gasteiger partial charge in [-0.25, -0.2) is 0 Å². The third-order valence-electron chi connectivity index (χ3n) is 4.31. The minimum Gasteiger partial charge on any atom is -0.494 e. The van der Waals surface area contributed by atoms with E-state index >= 15 is 0 Å². The molecule has 0 heterocycles. The molecule has 0 aliphatic carbocycles. The number of carbonyl (C=O) groups excluding carboxylic acids is 2. The molecule has 0 bridgehead atoms. The molecule has 5 nitrogen and oxygen atoms in total. The Labute approximate surface area is 161 Å². The van der Waals surface area contributed by atoms with E-state index in [4.69, 9.17) is 4.74 Å². The summed E-state index contributed by atoms with van der Waals surface area (Å²) in [6.45, 7) is 10.2. The lowest BCUT2D eigenvalue weighted by Crippen LogP contribution is -2.47. The monoisotopic (exact) mass is 368 g/mol. The molecule has 27 heavy (non-hydrogen) atoms. The quantitative estimate of drug-likeness (QED) is 0.773. The van der Waals surface area contributed by atoms with Crippen LogP contribution in [0, 0.1) is 19.8 Å². The van der Waals surface area contributed by atoms with Crippen LogP contribution in [0.2, 0.25) is 0 Å². The maximum absolute atomic E-state index is 12.8. The first-order valence-electron chi connectivity index (χ1n) is 9.23. The van der Waals surface area contributed by atoms with E-state index in [-0.39, 0.29) is 17.7 Å². The Balaban J connectivity index is 2.10. The van der Waals surface area contributed by atoms with E-state index in [2.05, 4.69) is 10.6 Å². The summed E-state index contributed by atoms with van der Waals surface area (Å²) in [5.41, 5.74) is 3.30. The molecule has 0 unspecified atom stereocenters. The van der Waals surface area contributed by atoms with E-state index in [1.54, 1.807) is 24.3 Å². The predicted octanol–water partition coefficient (Wildman–Crippen LogP) is 4.10. The number of hydrogen-bond donors (Lipinski definition) is 2. The summed E-state index contributed by atoms with van der Waals surface area (Å²) >= 11 is 0. The molecule has 0 spiro atoms. The second-order valence-electron chi connectivity index (χ2n) is 6.96. The molecule has 2 aromatic carbocycles. The Bertz CT molecular complexity index is 798. The van der Waals surface area contributed by atoms with Crippen LogP contribution in [0.25, 0.3) is 0 Å². The number of hydrogen-bond acceptors (Lipinski definition) is 3. The zero-order valence-electron chi connectivity index (χ0n) is 16.6. The number of anilines is 1. The highest BCUT2D eigenvalue weighted by molar-refractivity contribution is 6.01. The van der Waals surface area contributed by atoms with Gasteiger partial charge in [-0.1, -0.05) is 26.0 Å². The maximum Gasteiger partial charge on any atom is 0.251 e. The number of amides is 2. The SMILES string of the molecule is CCOc1ccc(C(=O)N[C@@H](C(=O)Nc2cc(C)ccc2C)C(C)C)cc1. The molecule has 5 heteroatoms. The van der Waals surface area contributed by atoms with E-state index in [1.165, 1.54) is 0 Å². The molecule has 0 saturated heterocycles. The van der Waals surface area contributed by atoms with Crippen LogP contribution in [0.4, 0.5) is 5.69 Å². The number of ether oxygens (including phenoxy) is 1. The average Bonchev–Trinajstić information content (AvgIpc) is 2.63. The molecular weight excluding hydrogens is 340 g/mol. The van der Waals surface area contributed by atoms with E-state index in [1.807, 2.05) is 52.8 Å². The summed E-state index contributed by atoms with van der Waals surface area (Å²) in [6.07, 6.45) is 0. The highest BCUT2D eigenvalue weighted by Gasteiger charge is 2.25. The number of rotatable bonds is 7. The van der Waals surface area contributed by atoms with Crippen LogP contribution in [0.5, 0.6) is 5.75 Å². The first kappa shape index (κ1) is 20.5. The van der Waals surface area contributed by atoms with Crippen molar-refractivity contribution in [2.24, 2.45) is 5.92 Å². The van der Waals surface area contributed by atoms with Crippen molar-refractivity contribution in [2.45, 2.75) is 40.7 Å². The number of carbonyl (C=O) groups is 2. The maximum atomic E-state index is 12.8. The van der Waals surface area contributed by atoms with Gasteiger partial charge in [-0.3, -0.25) is 9.59 Å². The minimum absolute atomic E-state index is 0.0539. The van der Waals surface area contributed by atoms with Gasteiger partial charge < -0.3 is 15.4 Å². The summed E-state index contributed by atoms with van der Waals surface area (Å²) in [4.78, 5) is 25.4. The molecule has 2 aromatic rings. The van der Waals surface area contributed by atoms with Crippen molar-refractivity contribution in [1.82, 2.24) is 5.32 Å². The highest BCUT2D eigenvalue weighted by atomic mass is 16.5. The highest BCUT2D eigenvalue weighted by Crippen LogP contribution is 2.18. The van der Waals surface area contributed by atoms with Gasteiger partial charge in [-0.15, -0.1) is 0 Å². The molecule has 0 saturated carbocycles. The molecule has 0 aliphatic heterocycles. The van der Waals surface area contributed by atoms with Gasteiger partial charge in [-0.05, 0) is 68.1 Å². The molecule has 2 N–H and O–H groups in total. The van der Waals surface area contributed by atoms with Crippen molar-refractivity contribution < 1.29 is 14.3 Å². The molecule has 0 fully saturated rings.